The zero-order chi connectivity index (χ0) is 26.2. The lowest BCUT2D eigenvalue weighted by Crippen LogP contribution is -2.27. The van der Waals surface area contributed by atoms with Crippen molar-refractivity contribution in [2.45, 2.75) is 49.3 Å². The van der Waals surface area contributed by atoms with E-state index in [9.17, 15) is 19.8 Å². The number of rotatable bonds is 10. The molecule has 8 heteroatoms. The van der Waals surface area contributed by atoms with Crippen LogP contribution < -0.4 is 4.90 Å². The predicted molar refractivity (Wildman–Crippen MR) is 142 cm³/mol. The molecule has 0 amide bonds. The first-order chi connectivity index (χ1) is 17.3. The molecular weight excluding hydrogens is 474 g/mol. The minimum absolute atomic E-state index is 0.355. The number of hydrogen-bond acceptors (Lipinski definition) is 4. The second-order valence-electron chi connectivity index (χ2n) is 8.48. The first kappa shape index (κ1) is 26.6. The van der Waals surface area contributed by atoms with Gasteiger partial charge in [-0.15, -0.1) is 0 Å². The Bertz CT molecular complexity index is 1230. The van der Waals surface area contributed by atoms with Gasteiger partial charge in [-0.1, -0.05) is 57.0 Å². The first-order valence-electron chi connectivity index (χ1n) is 11.7. The van der Waals surface area contributed by atoms with Crippen molar-refractivity contribution in [3.8, 4) is 0 Å². The van der Waals surface area contributed by atoms with E-state index < -0.39 is 11.9 Å². The van der Waals surface area contributed by atoms with Gasteiger partial charge in [0.15, 0.2) is 0 Å². The fraction of sp³-hybridized carbons (Fsp3) is 0.286. The lowest BCUT2D eigenvalue weighted by Gasteiger charge is -2.35. The molecule has 2 aromatic rings. The lowest BCUT2D eigenvalue weighted by atomic mass is 9.97. The Morgan fingerprint density at radius 1 is 0.944 bits per heavy atom. The molecule has 0 saturated heterocycles. The van der Waals surface area contributed by atoms with E-state index in [2.05, 4.69) is 28.4 Å². The minimum Gasteiger partial charge on any atom is -0.486 e. The molecule has 0 saturated carbocycles. The Morgan fingerprint density at radius 3 is 1.83 bits per heavy atom. The maximum Gasteiger partial charge on any atom is 0.333 e. The van der Waals surface area contributed by atoms with Crippen LogP contribution in [-0.4, -0.2) is 28.7 Å². The summed E-state index contributed by atoms with van der Waals surface area (Å²) in [6, 6.07) is 11.3. The van der Waals surface area contributed by atoms with Gasteiger partial charge in [0.1, 0.15) is 0 Å². The van der Waals surface area contributed by atoms with Gasteiger partial charge in [-0.3, -0.25) is 9.59 Å². The van der Waals surface area contributed by atoms with Crippen LogP contribution in [-0.2, 0) is 9.59 Å². The average molecular weight is 502 g/mol. The quantitative estimate of drug-likeness (QED) is 0.265. The summed E-state index contributed by atoms with van der Waals surface area (Å²) >= 11 is 1.50. The van der Waals surface area contributed by atoms with E-state index in [0.29, 0.717) is 17.0 Å². The van der Waals surface area contributed by atoms with Crippen molar-refractivity contribution >= 4 is 47.2 Å². The van der Waals surface area contributed by atoms with Crippen molar-refractivity contribution in [2.75, 3.05) is 11.4 Å². The third kappa shape index (κ3) is 6.16. The largest absolute Gasteiger partial charge is 0.486 e. The molecular formula is C28H27N3O4S. The van der Waals surface area contributed by atoms with Crippen LogP contribution in [0.1, 0.15) is 50.7 Å². The minimum atomic E-state index is -1.27. The molecule has 0 bridgehead atoms. The number of carboxylic acid groups (broad SMARTS) is 2. The highest BCUT2D eigenvalue weighted by Crippen LogP contribution is 2.49. The Labute approximate surface area is 215 Å². The fourth-order valence-corrected chi connectivity index (χ4v) is 5.26. The zero-order valence-corrected chi connectivity index (χ0v) is 21.0. The molecule has 2 N–H and O–H groups in total. The molecule has 36 heavy (non-hydrogen) atoms. The maximum absolute atomic E-state index is 11.3. The summed E-state index contributed by atoms with van der Waals surface area (Å²) < 4.78 is 0. The van der Waals surface area contributed by atoms with E-state index in [4.69, 9.17) is 13.1 Å². The molecule has 2 aromatic carbocycles. The summed E-state index contributed by atoms with van der Waals surface area (Å²) in [6.07, 6.45) is 7.15. The molecule has 1 aliphatic heterocycles. The Kier molecular flexibility index (Phi) is 8.94. The SMILES string of the molecule is [C-]#[N+]/C(=C\c1ccc2c(c1)Sc1cc(/C=C(/[N+]#[C-])C(=O)O)ccc1N2CC(CC)CCCC)C(=O)O. The number of nitrogens with zero attached hydrogens (tertiary/aromatic N) is 3. The number of aliphatic carboxylic acids is 2. The zero-order valence-electron chi connectivity index (χ0n) is 20.2. The highest BCUT2D eigenvalue weighted by molar-refractivity contribution is 7.99. The van der Waals surface area contributed by atoms with Crippen molar-refractivity contribution in [3.63, 3.8) is 0 Å². The second kappa shape index (κ2) is 12.1. The van der Waals surface area contributed by atoms with Gasteiger partial charge in [-0.2, -0.15) is 0 Å². The van der Waals surface area contributed by atoms with Gasteiger partial charge < -0.3 is 15.1 Å². The number of hydrogen-bond donors (Lipinski definition) is 2. The van der Waals surface area contributed by atoms with Crippen molar-refractivity contribution < 1.29 is 19.8 Å². The number of carbonyl (C=O) groups is 2. The standard InChI is InChI=1S/C28H27N3O4S/c1-5-7-8-18(6-2)17-31-23-11-9-19(13-21(29-3)27(32)33)15-25(23)36-26-16-20(10-12-24(26)31)14-22(30-4)28(34)35/h9-16,18H,5-8,17H2,1-2H3,(H,32,33)(H,34,35)/b21-13-,22-14+. The van der Waals surface area contributed by atoms with Gasteiger partial charge in [0.05, 0.1) is 24.5 Å². The number of anilines is 2. The summed E-state index contributed by atoms with van der Waals surface area (Å²) in [4.78, 5) is 32.9. The topological polar surface area (TPSA) is 86.6 Å². The molecule has 1 atom stereocenters. The van der Waals surface area contributed by atoms with Crippen LogP contribution in [0.4, 0.5) is 11.4 Å². The van der Waals surface area contributed by atoms with Crippen LogP contribution in [0, 0.1) is 19.1 Å². The summed E-state index contributed by atoms with van der Waals surface area (Å²) in [7, 11) is 0. The van der Waals surface area contributed by atoms with Crippen molar-refractivity contribution in [1.29, 1.82) is 0 Å². The van der Waals surface area contributed by atoms with E-state index in [1.54, 1.807) is 0 Å². The van der Waals surface area contributed by atoms with Crippen LogP contribution in [0.3, 0.4) is 0 Å². The highest BCUT2D eigenvalue weighted by Gasteiger charge is 2.26. The second-order valence-corrected chi connectivity index (χ2v) is 9.56. The molecule has 1 aliphatic rings. The van der Waals surface area contributed by atoms with Gasteiger partial charge in [-0.25, -0.2) is 9.69 Å². The molecule has 3 rings (SSSR count). The molecule has 184 valence electrons. The molecule has 1 unspecified atom stereocenters. The summed E-state index contributed by atoms with van der Waals surface area (Å²) in [5.74, 6) is -2.06. The summed E-state index contributed by atoms with van der Waals surface area (Å²) in [5.41, 5.74) is 2.55. The van der Waals surface area contributed by atoms with Gasteiger partial charge in [0, 0.05) is 16.3 Å². The van der Waals surface area contributed by atoms with Gasteiger partial charge in [0.2, 0.25) is 0 Å². The molecule has 7 nitrogen and oxygen atoms in total. The monoisotopic (exact) mass is 501 g/mol. The predicted octanol–water partition coefficient (Wildman–Crippen LogP) is 7.20. The first-order valence-corrected chi connectivity index (χ1v) is 12.5. The average Bonchev–Trinajstić information content (AvgIpc) is 2.86. The Morgan fingerprint density at radius 2 is 1.44 bits per heavy atom. The van der Waals surface area contributed by atoms with Crippen molar-refractivity contribution in [1.82, 2.24) is 0 Å². The lowest BCUT2D eigenvalue weighted by molar-refractivity contribution is -0.133. The normalized spacial score (nSPS) is 13.7. The third-order valence-corrected chi connectivity index (χ3v) is 7.13. The van der Waals surface area contributed by atoms with Crippen LogP contribution in [0.5, 0.6) is 0 Å². The third-order valence-electron chi connectivity index (χ3n) is 6.04. The van der Waals surface area contributed by atoms with E-state index in [1.165, 1.54) is 23.9 Å². The smallest absolute Gasteiger partial charge is 0.333 e. The molecule has 0 fully saturated rings. The molecule has 0 aliphatic carbocycles. The van der Waals surface area contributed by atoms with Gasteiger partial charge in [-0.05, 0) is 59.9 Å². The van der Waals surface area contributed by atoms with Crippen molar-refractivity contribution in [2.24, 2.45) is 5.92 Å². The van der Waals surface area contributed by atoms with Gasteiger partial charge in [0.25, 0.3) is 11.4 Å². The number of benzene rings is 2. The molecule has 0 aromatic heterocycles. The molecule has 0 spiro atoms. The number of fused-ring (bicyclic) bond motifs is 2. The summed E-state index contributed by atoms with van der Waals surface area (Å²) in [5, 5.41) is 18.5. The van der Waals surface area contributed by atoms with E-state index in [-0.39, 0.29) is 11.4 Å². The molecule has 1 heterocycles. The van der Waals surface area contributed by atoms with Crippen LogP contribution in [0.25, 0.3) is 21.8 Å². The Balaban J connectivity index is 2.10. The maximum atomic E-state index is 11.3. The van der Waals surface area contributed by atoms with E-state index in [1.807, 2.05) is 36.4 Å². The summed E-state index contributed by atoms with van der Waals surface area (Å²) in [6.45, 7) is 19.4. The van der Waals surface area contributed by atoms with Crippen LogP contribution >= 0.6 is 11.8 Å². The van der Waals surface area contributed by atoms with Gasteiger partial charge >= 0.3 is 11.9 Å². The van der Waals surface area contributed by atoms with E-state index >= 15 is 0 Å². The highest BCUT2D eigenvalue weighted by atomic mass is 32.2. The van der Waals surface area contributed by atoms with E-state index in [0.717, 1.165) is 53.4 Å². The number of carboxylic acids is 2. The van der Waals surface area contributed by atoms with Crippen LogP contribution in [0.2, 0.25) is 0 Å². The van der Waals surface area contributed by atoms with Crippen LogP contribution in [0.15, 0.2) is 57.6 Å². The Hall–Kier alpha value is -4.01. The molecule has 0 radical (unpaired) electrons. The number of unbranched alkanes of at least 4 members (excludes halogenated alkanes) is 1. The fourth-order valence-electron chi connectivity index (χ4n) is 4.07. The van der Waals surface area contributed by atoms with Crippen molar-refractivity contribution in [3.05, 3.63) is 81.8 Å².